The van der Waals surface area contributed by atoms with Gasteiger partial charge in [-0.25, -0.2) is 17.9 Å². The van der Waals surface area contributed by atoms with Crippen LogP contribution in [0.4, 0.5) is 0 Å². The molecule has 0 aliphatic rings. The van der Waals surface area contributed by atoms with Crippen LogP contribution in [-0.4, -0.2) is 33.1 Å². The molecule has 148 valence electrons. The van der Waals surface area contributed by atoms with E-state index in [0.29, 0.717) is 33.7 Å². The van der Waals surface area contributed by atoms with Crippen LogP contribution >= 0.6 is 11.6 Å². The Kier molecular flexibility index (Phi) is 5.64. The second-order valence-corrected chi connectivity index (χ2v) is 8.31. The number of carbonyl (C=O) groups is 1. The normalized spacial score (nSPS) is 11.7. The van der Waals surface area contributed by atoms with Crippen molar-refractivity contribution in [1.29, 1.82) is 0 Å². The molecule has 0 bridgehead atoms. The fourth-order valence-electron chi connectivity index (χ4n) is 2.84. The van der Waals surface area contributed by atoms with Crippen LogP contribution in [0.3, 0.4) is 0 Å². The monoisotopic (exact) mass is 423 g/mol. The molecule has 0 saturated heterocycles. The first-order valence-electron chi connectivity index (χ1n) is 8.31. The molecule has 2 N–H and O–H groups in total. The van der Waals surface area contributed by atoms with Crippen LogP contribution in [0.15, 0.2) is 45.7 Å². The summed E-state index contributed by atoms with van der Waals surface area (Å²) >= 11 is 5.98. The molecule has 0 aliphatic heterocycles. The van der Waals surface area contributed by atoms with Crippen LogP contribution in [0, 0.1) is 6.92 Å². The van der Waals surface area contributed by atoms with E-state index < -0.39 is 16.0 Å². The number of nitrogens with one attached hydrogen (secondary N) is 1. The number of ether oxygens (including phenoxy) is 1. The molecule has 7 nitrogen and oxygen atoms in total. The van der Waals surface area contributed by atoms with Crippen LogP contribution in [0.1, 0.15) is 21.7 Å². The van der Waals surface area contributed by atoms with Crippen molar-refractivity contribution in [3.05, 3.63) is 58.3 Å². The molecule has 0 saturated carbocycles. The number of halogens is 1. The van der Waals surface area contributed by atoms with Crippen LogP contribution in [0.5, 0.6) is 5.75 Å². The van der Waals surface area contributed by atoms with Gasteiger partial charge in [-0.3, -0.25) is 0 Å². The van der Waals surface area contributed by atoms with Gasteiger partial charge in [-0.05, 0) is 49.2 Å². The molecule has 28 heavy (non-hydrogen) atoms. The number of hydrogen-bond donors (Lipinski definition) is 2. The summed E-state index contributed by atoms with van der Waals surface area (Å²) in [5, 5.41) is 10.1. The largest absolute Gasteiger partial charge is 0.495 e. The van der Waals surface area contributed by atoms with Gasteiger partial charge in [0, 0.05) is 17.5 Å². The van der Waals surface area contributed by atoms with E-state index in [2.05, 4.69) is 4.72 Å². The van der Waals surface area contributed by atoms with Crippen LogP contribution in [0.25, 0.3) is 11.0 Å². The van der Waals surface area contributed by atoms with Crippen molar-refractivity contribution in [2.45, 2.75) is 18.2 Å². The second kappa shape index (κ2) is 7.83. The third kappa shape index (κ3) is 3.99. The highest BCUT2D eigenvalue weighted by atomic mass is 35.5. The van der Waals surface area contributed by atoms with Crippen molar-refractivity contribution in [3.63, 3.8) is 0 Å². The predicted octanol–water partition coefficient (Wildman–Crippen LogP) is 3.62. The standard InChI is InChI=1S/C19H18ClNO6S/c1-11-14-10-13(4-6-16(14)27-18(11)19(22)23)28(24,25)21-8-7-12-3-5-15(20)17(9-12)26-2/h3-6,9-10,21H,7-8H2,1-2H3,(H,22,23). The van der Waals surface area contributed by atoms with Gasteiger partial charge < -0.3 is 14.3 Å². The van der Waals surface area contributed by atoms with Gasteiger partial charge in [0.25, 0.3) is 0 Å². The summed E-state index contributed by atoms with van der Waals surface area (Å²) < 4.78 is 38.1. The topological polar surface area (TPSA) is 106 Å². The number of aryl methyl sites for hydroxylation is 1. The molecule has 3 rings (SSSR count). The minimum absolute atomic E-state index is 0.0366. The number of fused-ring (bicyclic) bond motifs is 1. The van der Waals surface area contributed by atoms with Crippen LogP contribution < -0.4 is 9.46 Å². The number of methoxy groups -OCH3 is 1. The summed E-state index contributed by atoms with van der Waals surface area (Å²) in [4.78, 5) is 11.2. The van der Waals surface area contributed by atoms with Gasteiger partial charge >= 0.3 is 5.97 Å². The molecule has 0 amide bonds. The van der Waals surface area contributed by atoms with Crippen molar-refractivity contribution in [2.75, 3.05) is 13.7 Å². The van der Waals surface area contributed by atoms with E-state index in [1.54, 1.807) is 25.1 Å². The fraction of sp³-hybridized carbons (Fsp3) is 0.211. The molecular weight excluding hydrogens is 406 g/mol. The lowest BCUT2D eigenvalue weighted by molar-refractivity contribution is 0.0664. The zero-order valence-electron chi connectivity index (χ0n) is 15.2. The summed E-state index contributed by atoms with van der Waals surface area (Å²) in [5.74, 6) is -0.874. The molecular formula is C19H18ClNO6S. The lowest BCUT2D eigenvalue weighted by atomic mass is 10.1. The highest BCUT2D eigenvalue weighted by Crippen LogP contribution is 2.28. The zero-order chi connectivity index (χ0) is 20.5. The number of sulfonamides is 1. The first-order valence-corrected chi connectivity index (χ1v) is 10.2. The lowest BCUT2D eigenvalue weighted by Gasteiger charge is -2.09. The SMILES string of the molecule is COc1cc(CCNS(=O)(=O)c2ccc3oc(C(=O)O)c(C)c3c2)ccc1Cl. The van der Waals surface area contributed by atoms with Gasteiger partial charge in [-0.15, -0.1) is 0 Å². The number of furan rings is 1. The zero-order valence-corrected chi connectivity index (χ0v) is 16.7. The Labute approximate surface area is 166 Å². The van der Waals surface area contributed by atoms with Crippen molar-refractivity contribution < 1.29 is 27.5 Å². The summed E-state index contributed by atoms with van der Waals surface area (Å²) in [6.45, 7) is 1.75. The molecule has 2 aromatic carbocycles. The average Bonchev–Trinajstić information content (AvgIpc) is 2.99. The molecule has 0 spiro atoms. The Hall–Kier alpha value is -2.55. The van der Waals surface area contributed by atoms with E-state index in [-0.39, 0.29) is 17.2 Å². The molecule has 3 aromatic rings. The van der Waals surface area contributed by atoms with E-state index in [1.807, 2.05) is 0 Å². The van der Waals surface area contributed by atoms with Crippen molar-refractivity contribution >= 4 is 38.6 Å². The summed E-state index contributed by atoms with van der Waals surface area (Å²) in [6, 6.07) is 9.49. The third-order valence-corrected chi connectivity index (χ3v) is 6.10. The molecule has 0 atom stereocenters. The molecule has 0 fully saturated rings. The number of benzene rings is 2. The summed E-state index contributed by atoms with van der Waals surface area (Å²) in [5.41, 5.74) is 1.58. The lowest BCUT2D eigenvalue weighted by Crippen LogP contribution is -2.26. The van der Waals surface area contributed by atoms with E-state index in [1.165, 1.54) is 25.3 Å². The number of rotatable bonds is 7. The van der Waals surface area contributed by atoms with E-state index in [9.17, 15) is 13.2 Å². The molecule has 9 heteroatoms. The third-order valence-electron chi connectivity index (χ3n) is 4.33. The van der Waals surface area contributed by atoms with Gasteiger partial charge in [-0.2, -0.15) is 0 Å². The maximum Gasteiger partial charge on any atom is 0.372 e. The smallest absolute Gasteiger partial charge is 0.372 e. The number of aromatic carboxylic acids is 1. The Balaban J connectivity index is 1.77. The Bertz CT molecular complexity index is 1150. The maximum atomic E-state index is 12.6. The van der Waals surface area contributed by atoms with Crippen molar-refractivity contribution in [2.24, 2.45) is 0 Å². The quantitative estimate of drug-likeness (QED) is 0.601. The van der Waals surface area contributed by atoms with E-state index in [4.69, 9.17) is 25.9 Å². The molecule has 0 unspecified atom stereocenters. The van der Waals surface area contributed by atoms with Crippen LogP contribution in [-0.2, 0) is 16.4 Å². The van der Waals surface area contributed by atoms with E-state index >= 15 is 0 Å². The summed E-state index contributed by atoms with van der Waals surface area (Å²) in [7, 11) is -2.26. The predicted molar refractivity (Wildman–Crippen MR) is 105 cm³/mol. The number of carboxylic acid groups (broad SMARTS) is 1. The average molecular weight is 424 g/mol. The van der Waals surface area contributed by atoms with Gasteiger partial charge in [0.15, 0.2) is 0 Å². The Morgan fingerprint density at radius 3 is 2.68 bits per heavy atom. The first kappa shape index (κ1) is 20.2. The van der Waals surface area contributed by atoms with Crippen molar-refractivity contribution in [1.82, 2.24) is 4.72 Å². The highest BCUT2D eigenvalue weighted by Gasteiger charge is 2.20. The van der Waals surface area contributed by atoms with Gasteiger partial charge in [0.1, 0.15) is 11.3 Å². The maximum absolute atomic E-state index is 12.6. The number of hydrogen-bond acceptors (Lipinski definition) is 5. The van der Waals surface area contributed by atoms with Gasteiger partial charge in [-0.1, -0.05) is 17.7 Å². The molecule has 0 aliphatic carbocycles. The van der Waals surface area contributed by atoms with E-state index in [0.717, 1.165) is 5.56 Å². The first-order chi connectivity index (χ1) is 13.2. The van der Waals surface area contributed by atoms with Gasteiger partial charge in [0.05, 0.1) is 17.0 Å². The fourth-order valence-corrected chi connectivity index (χ4v) is 4.10. The van der Waals surface area contributed by atoms with Crippen LogP contribution in [0.2, 0.25) is 5.02 Å². The molecule has 1 aromatic heterocycles. The minimum atomic E-state index is -3.77. The molecule has 0 radical (unpaired) electrons. The van der Waals surface area contributed by atoms with Gasteiger partial charge in [0.2, 0.25) is 15.8 Å². The number of carboxylic acids is 1. The Morgan fingerprint density at radius 1 is 1.25 bits per heavy atom. The van der Waals surface area contributed by atoms with Crippen molar-refractivity contribution in [3.8, 4) is 5.75 Å². The minimum Gasteiger partial charge on any atom is -0.495 e. The Morgan fingerprint density at radius 2 is 2.00 bits per heavy atom. The summed E-state index contributed by atoms with van der Waals surface area (Å²) in [6.07, 6.45) is 0.447. The molecule has 1 heterocycles. The second-order valence-electron chi connectivity index (χ2n) is 6.14. The highest BCUT2D eigenvalue weighted by molar-refractivity contribution is 7.89.